The van der Waals surface area contributed by atoms with E-state index in [1.807, 2.05) is 110 Å². The van der Waals surface area contributed by atoms with E-state index in [-0.39, 0.29) is 29.3 Å². The van der Waals surface area contributed by atoms with Crippen molar-refractivity contribution >= 4 is 29.5 Å². The van der Waals surface area contributed by atoms with Gasteiger partial charge in [0.1, 0.15) is 17.1 Å². The van der Waals surface area contributed by atoms with E-state index in [9.17, 15) is 14.4 Å². The highest BCUT2D eigenvalue weighted by molar-refractivity contribution is 8.00. The lowest BCUT2D eigenvalue weighted by atomic mass is 10.00. The van der Waals surface area contributed by atoms with Crippen molar-refractivity contribution in [1.29, 1.82) is 0 Å². The van der Waals surface area contributed by atoms with Crippen LogP contribution in [-0.4, -0.2) is 39.9 Å². The van der Waals surface area contributed by atoms with Gasteiger partial charge < -0.3 is 10.1 Å². The third-order valence-corrected chi connectivity index (χ3v) is 7.81. The molecule has 1 unspecified atom stereocenters. The monoisotopic (exact) mass is 524 g/mol. The third-order valence-electron chi connectivity index (χ3n) is 6.51. The Morgan fingerprint density at radius 3 is 2.13 bits per heavy atom. The lowest BCUT2D eigenvalue weighted by Gasteiger charge is -2.49. The molecule has 2 aliphatic rings. The number of nitrogens with one attached hydrogen (secondary N) is 1. The average Bonchev–Trinajstić information content (AvgIpc) is 2.96. The van der Waals surface area contributed by atoms with E-state index >= 15 is 0 Å². The second kappa shape index (κ2) is 11.5. The number of carbonyl (C=O) groups excluding carboxylic acids is 3. The lowest BCUT2D eigenvalue weighted by molar-refractivity contribution is -0.154. The van der Waals surface area contributed by atoms with Crippen molar-refractivity contribution in [3.8, 4) is 0 Å². The van der Waals surface area contributed by atoms with Gasteiger partial charge in [-0.25, -0.2) is 4.79 Å². The van der Waals surface area contributed by atoms with Crippen molar-refractivity contribution in [2.24, 2.45) is 0 Å². The number of amides is 2. The van der Waals surface area contributed by atoms with Crippen LogP contribution in [0.25, 0.3) is 0 Å². The van der Waals surface area contributed by atoms with Crippen LogP contribution in [0.3, 0.4) is 0 Å². The van der Waals surface area contributed by atoms with E-state index in [1.54, 1.807) is 0 Å². The number of carbonyl (C=O) groups is 3. The minimum Gasteiger partial charge on any atom is -0.448 e. The molecule has 1 fully saturated rings. The van der Waals surface area contributed by atoms with Gasteiger partial charge in [0.05, 0.1) is 6.42 Å². The van der Waals surface area contributed by atoms with E-state index in [0.29, 0.717) is 5.75 Å². The minimum atomic E-state index is -0.690. The van der Waals surface area contributed by atoms with E-state index in [1.165, 1.54) is 16.7 Å². The normalized spacial score (nSPS) is 18.8. The van der Waals surface area contributed by atoms with Crippen molar-refractivity contribution in [2.45, 2.75) is 30.9 Å². The van der Waals surface area contributed by atoms with E-state index in [2.05, 4.69) is 5.32 Å². The summed E-state index contributed by atoms with van der Waals surface area (Å²) in [6.45, 7) is 1.87. The zero-order valence-corrected chi connectivity index (χ0v) is 21.8. The zero-order chi connectivity index (χ0) is 26.5. The van der Waals surface area contributed by atoms with Crippen molar-refractivity contribution in [3.05, 3.63) is 131 Å². The Kier molecular flexibility index (Phi) is 7.75. The van der Waals surface area contributed by atoms with Crippen LogP contribution in [0.1, 0.15) is 29.7 Å². The van der Waals surface area contributed by atoms with Crippen molar-refractivity contribution < 1.29 is 19.1 Å². The molecule has 0 aliphatic carbocycles. The molecule has 6 nitrogen and oxygen atoms in total. The Morgan fingerprint density at radius 2 is 1.55 bits per heavy atom. The molecule has 38 heavy (non-hydrogen) atoms. The number of nitrogens with zero attached hydrogens (tertiary/aromatic N) is 1. The molecule has 0 radical (unpaired) electrons. The first kappa shape index (κ1) is 25.5. The van der Waals surface area contributed by atoms with Gasteiger partial charge in [-0.05, 0) is 29.2 Å². The molecule has 2 amide bonds. The number of benzene rings is 3. The van der Waals surface area contributed by atoms with Gasteiger partial charge in [-0.15, -0.1) is 11.8 Å². The molecule has 2 heterocycles. The molecule has 0 spiro atoms. The predicted octanol–water partition coefficient (Wildman–Crippen LogP) is 4.79. The van der Waals surface area contributed by atoms with E-state index in [0.717, 1.165) is 22.3 Å². The van der Waals surface area contributed by atoms with Crippen LogP contribution >= 0.6 is 11.8 Å². The van der Waals surface area contributed by atoms with Crippen LogP contribution in [-0.2, 0) is 25.5 Å². The fraction of sp³-hybridized carbons (Fsp3) is 0.194. The Labute approximate surface area is 226 Å². The molecule has 0 saturated carbocycles. The molecule has 1 N–H and O–H groups in total. The second-order valence-electron chi connectivity index (χ2n) is 9.10. The molecule has 0 aromatic heterocycles. The topological polar surface area (TPSA) is 75.7 Å². The standard InChI is InChI=1S/C31H28N2O4S/c1-2-12-24-20-38-30-26(32-25(34)19-21-13-6-3-7-14-21)29(35)33(30)27(24)31(36)37-28(22-15-8-4-9-16-22)23-17-10-5-11-18-23/h2-18,26,28,30H,19-20H2,1H3,(H,32,34)/b12-2-/t26?,30-/m0/s1. The number of thioether (sulfide) groups is 1. The first-order valence-electron chi connectivity index (χ1n) is 12.5. The highest BCUT2D eigenvalue weighted by Gasteiger charge is 2.54. The van der Waals surface area contributed by atoms with Gasteiger partial charge in [0.25, 0.3) is 5.91 Å². The van der Waals surface area contributed by atoms with Gasteiger partial charge in [0.2, 0.25) is 5.91 Å². The van der Waals surface area contributed by atoms with Crippen LogP contribution in [0.4, 0.5) is 0 Å². The number of β-lactam (4-membered cyclic amide) rings is 1. The third kappa shape index (κ3) is 5.29. The molecule has 3 aromatic rings. The summed E-state index contributed by atoms with van der Waals surface area (Å²) in [5, 5.41) is 2.50. The van der Waals surface area contributed by atoms with Crippen LogP contribution in [0, 0.1) is 0 Å². The molecule has 7 heteroatoms. The number of esters is 1. The van der Waals surface area contributed by atoms with E-state index in [4.69, 9.17) is 4.74 Å². The molecular formula is C31H28N2O4S. The maximum Gasteiger partial charge on any atom is 0.356 e. The number of rotatable bonds is 8. The largest absolute Gasteiger partial charge is 0.448 e. The number of hydrogen-bond donors (Lipinski definition) is 1. The SMILES string of the molecule is C/C=C\C1=C(C(=O)OC(c2ccccc2)c2ccccc2)N2C(=O)C(NC(=O)Cc3ccccc3)[C@@H]2SC1. The second-order valence-corrected chi connectivity index (χ2v) is 10.2. The van der Waals surface area contributed by atoms with Crippen LogP contribution in [0.5, 0.6) is 0 Å². The predicted molar refractivity (Wildman–Crippen MR) is 148 cm³/mol. The summed E-state index contributed by atoms with van der Waals surface area (Å²) in [6, 6.07) is 27.8. The number of fused-ring (bicyclic) bond motifs is 1. The molecule has 2 aliphatic heterocycles. The summed E-state index contributed by atoms with van der Waals surface area (Å²) >= 11 is 1.53. The molecule has 2 atom stereocenters. The summed E-state index contributed by atoms with van der Waals surface area (Å²) in [7, 11) is 0. The Morgan fingerprint density at radius 1 is 0.974 bits per heavy atom. The van der Waals surface area contributed by atoms with Crippen molar-refractivity contribution in [1.82, 2.24) is 10.2 Å². The number of hydrogen-bond acceptors (Lipinski definition) is 5. The summed E-state index contributed by atoms with van der Waals surface area (Å²) < 4.78 is 6.11. The first-order valence-corrected chi connectivity index (χ1v) is 13.6. The average molecular weight is 525 g/mol. The van der Waals surface area contributed by atoms with Gasteiger partial charge in [0.15, 0.2) is 6.10 Å². The fourth-order valence-corrected chi connectivity index (χ4v) is 6.03. The fourth-order valence-electron chi connectivity index (χ4n) is 4.71. The van der Waals surface area contributed by atoms with Gasteiger partial charge in [-0.1, -0.05) is 103 Å². The highest BCUT2D eigenvalue weighted by Crippen LogP contribution is 2.42. The molecule has 5 rings (SSSR count). The van der Waals surface area contributed by atoms with Gasteiger partial charge in [-0.3, -0.25) is 14.5 Å². The summed E-state index contributed by atoms with van der Waals surface area (Å²) in [4.78, 5) is 41.2. The summed E-state index contributed by atoms with van der Waals surface area (Å²) in [5.74, 6) is -0.581. The van der Waals surface area contributed by atoms with Crippen LogP contribution < -0.4 is 5.32 Å². The summed E-state index contributed by atoms with van der Waals surface area (Å²) in [6.07, 6.45) is 3.25. The first-order chi connectivity index (χ1) is 18.6. The Balaban J connectivity index is 1.37. The minimum absolute atomic E-state index is 0.187. The van der Waals surface area contributed by atoms with Gasteiger partial charge in [0, 0.05) is 5.75 Å². The van der Waals surface area contributed by atoms with Crippen LogP contribution in [0.15, 0.2) is 114 Å². The van der Waals surface area contributed by atoms with Crippen molar-refractivity contribution in [2.75, 3.05) is 5.75 Å². The lowest BCUT2D eigenvalue weighted by Crippen LogP contribution is -2.70. The molecule has 3 aromatic carbocycles. The van der Waals surface area contributed by atoms with Gasteiger partial charge >= 0.3 is 5.97 Å². The molecular weight excluding hydrogens is 496 g/mol. The van der Waals surface area contributed by atoms with Crippen LogP contribution in [0.2, 0.25) is 0 Å². The summed E-state index contributed by atoms with van der Waals surface area (Å²) in [5.41, 5.74) is 3.51. The maximum atomic E-state index is 13.7. The Hall–Kier alpha value is -4.10. The zero-order valence-electron chi connectivity index (χ0n) is 20.9. The highest BCUT2D eigenvalue weighted by atomic mass is 32.2. The maximum absolute atomic E-state index is 13.7. The molecule has 192 valence electrons. The Bertz CT molecular complexity index is 1330. The molecule has 0 bridgehead atoms. The van der Waals surface area contributed by atoms with E-state index < -0.39 is 18.1 Å². The van der Waals surface area contributed by atoms with Crippen molar-refractivity contribution in [3.63, 3.8) is 0 Å². The number of ether oxygens (including phenoxy) is 1. The smallest absolute Gasteiger partial charge is 0.356 e. The van der Waals surface area contributed by atoms with Gasteiger partial charge in [-0.2, -0.15) is 0 Å². The quantitative estimate of drug-likeness (QED) is 0.339. The molecule has 1 saturated heterocycles. The number of allylic oxidation sites excluding steroid dienone is 2.